The number of nitrogens with two attached hydrogens (primary N) is 1. The Labute approximate surface area is 101 Å². The minimum atomic E-state index is -0.969. The van der Waals surface area contributed by atoms with Crippen LogP contribution in [0.1, 0.15) is 32.8 Å². The highest BCUT2D eigenvalue weighted by Gasteiger charge is 2.33. The van der Waals surface area contributed by atoms with E-state index in [1.807, 2.05) is 13.8 Å². The Kier molecular flexibility index (Phi) is 4.23. The number of nitrogens with one attached hydrogen (secondary N) is 1. The molecule has 0 bridgehead atoms. The summed E-state index contributed by atoms with van der Waals surface area (Å²) >= 11 is 0. The van der Waals surface area contributed by atoms with Crippen molar-refractivity contribution in [3.8, 4) is 0 Å². The highest BCUT2D eigenvalue weighted by molar-refractivity contribution is 5.85. The Morgan fingerprint density at radius 2 is 2.00 bits per heavy atom. The highest BCUT2D eigenvalue weighted by Crippen LogP contribution is 2.22. The van der Waals surface area contributed by atoms with Crippen LogP contribution in [0, 0.1) is 5.82 Å². The summed E-state index contributed by atoms with van der Waals surface area (Å²) in [6.45, 7) is 5.71. The summed E-state index contributed by atoms with van der Waals surface area (Å²) < 4.78 is 12.9. The molecule has 4 heteroatoms. The Morgan fingerprint density at radius 1 is 1.47 bits per heavy atom. The predicted octanol–water partition coefficient (Wildman–Crippen LogP) is 1.91. The lowest BCUT2D eigenvalue weighted by Crippen LogP contribution is -2.53. The number of benzene rings is 1. The normalized spacial score (nSPS) is 16.2. The number of amides is 1. The number of halogens is 1. The number of primary amides is 1. The standard InChI is InChI=1S/C13H19FN2O/c1-4-9(2)16-13(3,12(15)17)10-5-7-11(14)8-6-10/h5-9,16H,4H2,1-3H3,(H2,15,17). The first-order valence-corrected chi connectivity index (χ1v) is 5.73. The van der Waals surface area contributed by atoms with Gasteiger partial charge >= 0.3 is 0 Å². The van der Waals surface area contributed by atoms with Gasteiger partial charge in [0.05, 0.1) is 0 Å². The quantitative estimate of drug-likeness (QED) is 0.823. The van der Waals surface area contributed by atoms with Gasteiger partial charge in [-0.3, -0.25) is 10.1 Å². The van der Waals surface area contributed by atoms with Crippen LogP contribution < -0.4 is 11.1 Å². The van der Waals surface area contributed by atoms with Crippen molar-refractivity contribution in [1.29, 1.82) is 0 Å². The van der Waals surface area contributed by atoms with Crippen LogP contribution >= 0.6 is 0 Å². The van der Waals surface area contributed by atoms with E-state index in [4.69, 9.17) is 5.73 Å². The molecular weight excluding hydrogens is 219 g/mol. The molecule has 0 fully saturated rings. The summed E-state index contributed by atoms with van der Waals surface area (Å²) in [5, 5.41) is 3.18. The first kappa shape index (κ1) is 13.6. The number of carbonyl (C=O) groups is 1. The zero-order valence-electron chi connectivity index (χ0n) is 10.5. The molecule has 2 unspecified atom stereocenters. The third-order valence-corrected chi connectivity index (χ3v) is 3.06. The fraction of sp³-hybridized carbons (Fsp3) is 0.462. The molecule has 0 spiro atoms. The Bertz CT molecular complexity index is 391. The maximum atomic E-state index is 12.9. The van der Waals surface area contributed by atoms with Gasteiger partial charge in [0.25, 0.3) is 0 Å². The number of rotatable bonds is 5. The second-order valence-corrected chi connectivity index (χ2v) is 4.45. The van der Waals surface area contributed by atoms with Crippen LogP contribution in [-0.4, -0.2) is 11.9 Å². The molecule has 0 aliphatic carbocycles. The van der Waals surface area contributed by atoms with Crippen molar-refractivity contribution in [3.05, 3.63) is 35.6 Å². The third-order valence-electron chi connectivity index (χ3n) is 3.06. The summed E-state index contributed by atoms with van der Waals surface area (Å²) in [4.78, 5) is 11.6. The Morgan fingerprint density at radius 3 is 2.41 bits per heavy atom. The van der Waals surface area contributed by atoms with Gasteiger partial charge in [0, 0.05) is 6.04 Å². The van der Waals surface area contributed by atoms with E-state index in [9.17, 15) is 9.18 Å². The Hall–Kier alpha value is -1.42. The summed E-state index contributed by atoms with van der Waals surface area (Å²) in [6.07, 6.45) is 0.879. The first-order chi connectivity index (χ1) is 7.90. The molecule has 1 rings (SSSR count). The molecule has 0 radical (unpaired) electrons. The summed E-state index contributed by atoms with van der Waals surface area (Å²) in [7, 11) is 0. The van der Waals surface area contributed by atoms with Crippen LogP contribution in [-0.2, 0) is 10.3 Å². The second kappa shape index (κ2) is 5.27. The smallest absolute Gasteiger partial charge is 0.242 e. The minimum Gasteiger partial charge on any atom is -0.368 e. The van der Waals surface area contributed by atoms with Crippen molar-refractivity contribution in [2.24, 2.45) is 5.73 Å². The van der Waals surface area contributed by atoms with E-state index in [1.54, 1.807) is 19.1 Å². The minimum absolute atomic E-state index is 0.151. The van der Waals surface area contributed by atoms with Crippen molar-refractivity contribution >= 4 is 5.91 Å². The van der Waals surface area contributed by atoms with Gasteiger partial charge in [-0.2, -0.15) is 0 Å². The Balaban J connectivity index is 3.07. The summed E-state index contributed by atoms with van der Waals surface area (Å²) in [5.41, 5.74) is 5.15. The fourth-order valence-electron chi connectivity index (χ4n) is 1.67. The van der Waals surface area contributed by atoms with E-state index >= 15 is 0 Å². The van der Waals surface area contributed by atoms with Gasteiger partial charge in [-0.05, 0) is 38.0 Å². The van der Waals surface area contributed by atoms with Crippen molar-refractivity contribution in [2.45, 2.75) is 38.8 Å². The third kappa shape index (κ3) is 3.03. The molecule has 0 heterocycles. The van der Waals surface area contributed by atoms with Crippen LogP contribution in [0.2, 0.25) is 0 Å². The number of carbonyl (C=O) groups excluding carboxylic acids is 1. The van der Waals surface area contributed by atoms with Crippen LogP contribution in [0.5, 0.6) is 0 Å². The van der Waals surface area contributed by atoms with E-state index < -0.39 is 11.4 Å². The van der Waals surface area contributed by atoms with E-state index in [2.05, 4.69) is 5.32 Å². The molecule has 1 aromatic rings. The average molecular weight is 238 g/mol. The van der Waals surface area contributed by atoms with Crippen LogP contribution in [0.3, 0.4) is 0 Å². The van der Waals surface area contributed by atoms with Gasteiger partial charge in [-0.15, -0.1) is 0 Å². The largest absolute Gasteiger partial charge is 0.368 e. The number of hydrogen-bond donors (Lipinski definition) is 2. The molecule has 2 atom stereocenters. The van der Waals surface area contributed by atoms with E-state index in [-0.39, 0.29) is 11.9 Å². The van der Waals surface area contributed by atoms with Gasteiger partial charge in [0.1, 0.15) is 11.4 Å². The molecule has 0 saturated heterocycles. The van der Waals surface area contributed by atoms with Gasteiger partial charge in [-0.25, -0.2) is 4.39 Å². The SMILES string of the molecule is CCC(C)NC(C)(C(N)=O)c1ccc(F)cc1. The van der Waals surface area contributed by atoms with E-state index in [0.717, 1.165) is 6.42 Å². The van der Waals surface area contributed by atoms with Crippen LogP contribution in [0.4, 0.5) is 4.39 Å². The van der Waals surface area contributed by atoms with Gasteiger partial charge < -0.3 is 5.73 Å². The molecule has 0 aliphatic heterocycles. The highest BCUT2D eigenvalue weighted by atomic mass is 19.1. The topological polar surface area (TPSA) is 55.1 Å². The van der Waals surface area contributed by atoms with E-state index in [0.29, 0.717) is 5.56 Å². The maximum Gasteiger partial charge on any atom is 0.242 e. The zero-order chi connectivity index (χ0) is 13.1. The molecule has 1 amide bonds. The molecule has 3 nitrogen and oxygen atoms in total. The summed E-state index contributed by atoms with van der Waals surface area (Å²) in [6, 6.07) is 5.96. The lowest BCUT2D eigenvalue weighted by atomic mass is 9.90. The van der Waals surface area contributed by atoms with Crippen LogP contribution in [0.15, 0.2) is 24.3 Å². The maximum absolute atomic E-state index is 12.9. The lowest BCUT2D eigenvalue weighted by Gasteiger charge is -2.31. The van der Waals surface area contributed by atoms with Crippen molar-refractivity contribution in [1.82, 2.24) is 5.32 Å². The molecule has 1 aromatic carbocycles. The van der Waals surface area contributed by atoms with Crippen molar-refractivity contribution in [3.63, 3.8) is 0 Å². The molecule has 0 aromatic heterocycles. The molecule has 3 N–H and O–H groups in total. The van der Waals surface area contributed by atoms with Crippen LogP contribution in [0.25, 0.3) is 0 Å². The lowest BCUT2D eigenvalue weighted by molar-refractivity contribution is -0.124. The average Bonchev–Trinajstić information content (AvgIpc) is 2.29. The first-order valence-electron chi connectivity index (χ1n) is 5.73. The summed E-state index contributed by atoms with van der Waals surface area (Å²) in [5.74, 6) is -0.798. The van der Waals surface area contributed by atoms with E-state index in [1.165, 1.54) is 12.1 Å². The van der Waals surface area contributed by atoms with Crippen molar-refractivity contribution in [2.75, 3.05) is 0 Å². The fourth-order valence-corrected chi connectivity index (χ4v) is 1.67. The molecular formula is C13H19FN2O. The number of hydrogen-bond acceptors (Lipinski definition) is 2. The zero-order valence-corrected chi connectivity index (χ0v) is 10.5. The second-order valence-electron chi connectivity index (χ2n) is 4.45. The van der Waals surface area contributed by atoms with Gasteiger partial charge in [-0.1, -0.05) is 19.1 Å². The van der Waals surface area contributed by atoms with Gasteiger partial charge in [0.2, 0.25) is 5.91 Å². The monoisotopic (exact) mass is 238 g/mol. The van der Waals surface area contributed by atoms with Gasteiger partial charge in [0.15, 0.2) is 0 Å². The van der Waals surface area contributed by atoms with Crippen molar-refractivity contribution < 1.29 is 9.18 Å². The molecule has 0 saturated carbocycles. The molecule has 0 aliphatic rings. The molecule has 94 valence electrons. The molecule has 17 heavy (non-hydrogen) atoms. The predicted molar refractivity (Wildman–Crippen MR) is 65.8 cm³/mol.